The van der Waals surface area contributed by atoms with E-state index in [-0.39, 0.29) is 18.1 Å². The second-order valence-electron chi connectivity index (χ2n) is 8.27. The molecule has 2 aromatic carbocycles. The van der Waals surface area contributed by atoms with Gasteiger partial charge in [0.2, 0.25) is 21.8 Å². The Hall–Kier alpha value is -3.07. The van der Waals surface area contributed by atoms with Crippen LogP contribution < -0.4 is 14.4 Å². The van der Waals surface area contributed by atoms with Crippen molar-refractivity contribution in [1.82, 2.24) is 10.2 Å². The lowest BCUT2D eigenvalue weighted by Crippen LogP contribution is -2.51. The summed E-state index contributed by atoms with van der Waals surface area (Å²) in [6.07, 6.45) is 2.81. The molecule has 1 N–H and O–H groups in total. The molecule has 0 aromatic heterocycles. The van der Waals surface area contributed by atoms with Gasteiger partial charge in [-0.05, 0) is 38.0 Å². The van der Waals surface area contributed by atoms with Gasteiger partial charge in [0.05, 0.1) is 19.1 Å². The lowest BCUT2D eigenvalue weighted by Gasteiger charge is -2.31. The lowest BCUT2D eigenvalue weighted by molar-refractivity contribution is -0.139. The Bertz CT molecular complexity index is 1070. The molecule has 2 rings (SSSR count). The molecule has 0 fully saturated rings. The van der Waals surface area contributed by atoms with E-state index in [4.69, 9.17) is 4.74 Å². The molecular weight excluding hydrogens is 454 g/mol. The monoisotopic (exact) mass is 489 g/mol. The third-order valence-corrected chi connectivity index (χ3v) is 6.63. The zero-order chi connectivity index (χ0) is 25.3. The fraction of sp³-hybridized carbons (Fsp3) is 0.440. The first-order valence-corrected chi connectivity index (χ1v) is 13.2. The highest BCUT2D eigenvalue weighted by molar-refractivity contribution is 7.92. The molecule has 0 heterocycles. The number of hydrogen-bond donors (Lipinski definition) is 1. The van der Waals surface area contributed by atoms with E-state index >= 15 is 0 Å². The molecule has 0 aliphatic rings. The molecule has 9 heteroatoms. The summed E-state index contributed by atoms with van der Waals surface area (Å²) in [4.78, 5) is 27.7. The molecule has 2 aromatic rings. The molecule has 0 aliphatic heterocycles. The maximum Gasteiger partial charge on any atom is 0.244 e. The first kappa shape index (κ1) is 27.2. The van der Waals surface area contributed by atoms with Gasteiger partial charge in [0.15, 0.2) is 0 Å². The fourth-order valence-electron chi connectivity index (χ4n) is 3.44. The summed E-state index contributed by atoms with van der Waals surface area (Å²) in [5, 5.41) is 2.86. The Morgan fingerprint density at radius 1 is 1.09 bits per heavy atom. The second kappa shape index (κ2) is 12.4. The van der Waals surface area contributed by atoms with E-state index in [9.17, 15) is 18.0 Å². The summed E-state index contributed by atoms with van der Waals surface area (Å²) in [6.45, 7) is 5.88. The van der Waals surface area contributed by atoms with Crippen molar-refractivity contribution in [2.45, 2.75) is 46.2 Å². The van der Waals surface area contributed by atoms with Crippen LogP contribution in [0.1, 0.15) is 37.8 Å². The number of amides is 2. The average Bonchev–Trinajstić information content (AvgIpc) is 2.81. The van der Waals surface area contributed by atoms with Crippen molar-refractivity contribution in [1.29, 1.82) is 0 Å². The molecule has 1 atom stereocenters. The van der Waals surface area contributed by atoms with Gasteiger partial charge in [-0.1, -0.05) is 55.3 Å². The van der Waals surface area contributed by atoms with Gasteiger partial charge in [-0.3, -0.25) is 13.9 Å². The lowest BCUT2D eigenvalue weighted by atomic mass is 10.1. The van der Waals surface area contributed by atoms with Crippen molar-refractivity contribution in [2.75, 3.05) is 30.8 Å². The molecule has 0 bridgehead atoms. The van der Waals surface area contributed by atoms with E-state index < -0.39 is 28.5 Å². The van der Waals surface area contributed by atoms with Crippen LogP contribution in [-0.4, -0.2) is 57.6 Å². The molecule has 1 unspecified atom stereocenters. The molecule has 0 saturated carbocycles. The van der Waals surface area contributed by atoms with Gasteiger partial charge in [-0.15, -0.1) is 0 Å². The molecule has 0 saturated heterocycles. The van der Waals surface area contributed by atoms with E-state index in [1.54, 1.807) is 31.2 Å². The predicted octanol–water partition coefficient (Wildman–Crippen LogP) is 3.10. The van der Waals surface area contributed by atoms with Gasteiger partial charge in [-0.25, -0.2) is 8.42 Å². The molecule has 0 radical (unpaired) electrons. The van der Waals surface area contributed by atoms with Crippen molar-refractivity contribution < 1.29 is 22.7 Å². The molecule has 2 amide bonds. The number of methoxy groups -OCH3 is 1. The summed E-state index contributed by atoms with van der Waals surface area (Å²) in [5.41, 5.74) is 2.18. The number of unbranched alkanes of at least 4 members (excludes halogenated alkanes) is 1. The van der Waals surface area contributed by atoms with Crippen LogP contribution in [0.15, 0.2) is 48.5 Å². The van der Waals surface area contributed by atoms with Gasteiger partial charge in [0.25, 0.3) is 0 Å². The number of para-hydroxylation sites is 2. The number of ether oxygens (including phenoxy) is 1. The Morgan fingerprint density at radius 3 is 2.32 bits per heavy atom. The third-order valence-electron chi connectivity index (χ3n) is 5.50. The molecule has 0 aliphatic carbocycles. The highest BCUT2D eigenvalue weighted by Crippen LogP contribution is 2.29. The van der Waals surface area contributed by atoms with Crippen LogP contribution in [-0.2, 0) is 26.2 Å². The van der Waals surface area contributed by atoms with Gasteiger partial charge in [0, 0.05) is 13.1 Å². The maximum absolute atomic E-state index is 13.5. The largest absolute Gasteiger partial charge is 0.495 e. The maximum atomic E-state index is 13.5. The number of aryl methyl sites for hydroxylation is 1. The minimum Gasteiger partial charge on any atom is -0.495 e. The van der Waals surface area contributed by atoms with Crippen LogP contribution >= 0.6 is 0 Å². The smallest absolute Gasteiger partial charge is 0.244 e. The van der Waals surface area contributed by atoms with Crippen molar-refractivity contribution in [2.24, 2.45) is 0 Å². The van der Waals surface area contributed by atoms with E-state index in [0.717, 1.165) is 34.5 Å². The number of nitrogens with zero attached hydrogens (tertiary/aromatic N) is 2. The summed E-state index contributed by atoms with van der Waals surface area (Å²) >= 11 is 0. The number of carbonyl (C=O) groups excluding carboxylic acids is 2. The quantitative estimate of drug-likeness (QED) is 0.462. The Labute approximate surface area is 202 Å². The Balaban J connectivity index is 2.37. The van der Waals surface area contributed by atoms with Crippen molar-refractivity contribution in [3.05, 3.63) is 59.7 Å². The average molecular weight is 490 g/mol. The SMILES string of the molecule is CCCCNC(=O)C(C)N(Cc1ccc(C)cc1)C(=O)CN(c1ccccc1OC)S(C)(=O)=O. The molecular formula is C25H35N3O5S. The fourth-order valence-corrected chi connectivity index (χ4v) is 4.29. The molecule has 8 nitrogen and oxygen atoms in total. The Morgan fingerprint density at radius 2 is 1.74 bits per heavy atom. The zero-order valence-corrected chi connectivity index (χ0v) is 21.4. The number of hydrogen-bond acceptors (Lipinski definition) is 5. The second-order valence-corrected chi connectivity index (χ2v) is 10.2. The summed E-state index contributed by atoms with van der Waals surface area (Å²) in [5.74, 6) is -0.441. The number of benzene rings is 2. The molecule has 0 spiro atoms. The number of nitrogens with one attached hydrogen (secondary N) is 1. The van der Waals surface area contributed by atoms with Crippen LogP contribution in [0.4, 0.5) is 5.69 Å². The van der Waals surface area contributed by atoms with Crippen LogP contribution in [0.2, 0.25) is 0 Å². The standard InChI is InChI=1S/C25H35N3O5S/c1-6-7-16-26-25(30)20(3)27(17-21-14-12-19(2)13-15-21)24(29)18-28(34(5,31)32)22-10-8-9-11-23(22)33-4/h8-15,20H,6-7,16-18H2,1-5H3,(H,26,30). The van der Waals surface area contributed by atoms with E-state index in [1.165, 1.54) is 12.0 Å². The van der Waals surface area contributed by atoms with Crippen LogP contribution in [0, 0.1) is 6.92 Å². The van der Waals surface area contributed by atoms with Crippen molar-refractivity contribution >= 4 is 27.5 Å². The molecule has 34 heavy (non-hydrogen) atoms. The highest BCUT2D eigenvalue weighted by atomic mass is 32.2. The normalized spacial score (nSPS) is 12.0. The van der Waals surface area contributed by atoms with Gasteiger partial charge < -0.3 is 15.0 Å². The number of carbonyl (C=O) groups is 2. The highest BCUT2D eigenvalue weighted by Gasteiger charge is 2.31. The van der Waals surface area contributed by atoms with Crippen LogP contribution in [0.5, 0.6) is 5.75 Å². The van der Waals surface area contributed by atoms with Crippen molar-refractivity contribution in [3.63, 3.8) is 0 Å². The Kier molecular flexibility index (Phi) is 9.92. The number of sulfonamides is 1. The van der Waals surface area contributed by atoms with E-state index in [0.29, 0.717) is 12.3 Å². The number of rotatable bonds is 12. The number of anilines is 1. The van der Waals surface area contributed by atoms with E-state index in [1.807, 2.05) is 38.1 Å². The van der Waals surface area contributed by atoms with Crippen LogP contribution in [0.25, 0.3) is 0 Å². The van der Waals surface area contributed by atoms with Crippen LogP contribution in [0.3, 0.4) is 0 Å². The summed E-state index contributed by atoms with van der Waals surface area (Å²) in [6, 6.07) is 13.5. The third kappa shape index (κ3) is 7.48. The minimum atomic E-state index is -3.82. The summed E-state index contributed by atoms with van der Waals surface area (Å²) < 4.78 is 31.6. The first-order valence-electron chi connectivity index (χ1n) is 11.3. The van der Waals surface area contributed by atoms with Gasteiger partial charge in [0.1, 0.15) is 18.3 Å². The van der Waals surface area contributed by atoms with E-state index in [2.05, 4.69) is 5.32 Å². The van der Waals surface area contributed by atoms with Gasteiger partial charge in [-0.2, -0.15) is 0 Å². The van der Waals surface area contributed by atoms with Crippen molar-refractivity contribution in [3.8, 4) is 5.75 Å². The first-order chi connectivity index (χ1) is 16.1. The predicted molar refractivity (Wildman–Crippen MR) is 134 cm³/mol. The summed E-state index contributed by atoms with van der Waals surface area (Å²) in [7, 11) is -2.38. The zero-order valence-electron chi connectivity index (χ0n) is 20.6. The molecule has 186 valence electrons. The van der Waals surface area contributed by atoms with Gasteiger partial charge >= 0.3 is 0 Å². The topological polar surface area (TPSA) is 96.0 Å². The minimum absolute atomic E-state index is 0.172.